The number of hydrogen-bond acceptors (Lipinski definition) is 6. The average Bonchev–Trinajstić information content (AvgIpc) is 2.61. The zero-order valence-corrected chi connectivity index (χ0v) is 13.8. The van der Waals surface area contributed by atoms with Crippen LogP contribution in [0.15, 0.2) is 33.9 Å². The van der Waals surface area contributed by atoms with E-state index in [9.17, 15) is 14.4 Å². The monoisotopic (exact) mass is 346 g/mol. The van der Waals surface area contributed by atoms with E-state index >= 15 is 0 Å². The number of esters is 1. The number of hydrogen-bond donors (Lipinski definition) is 2. The number of methoxy groups -OCH3 is 1. The van der Waals surface area contributed by atoms with E-state index in [2.05, 4.69) is 9.97 Å². The van der Waals surface area contributed by atoms with Crippen LogP contribution in [0.3, 0.4) is 0 Å². The molecule has 1 aromatic heterocycles. The van der Waals surface area contributed by atoms with E-state index in [1.807, 2.05) is 0 Å². The number of fused-ring (bicyclic) bond motifs is 1. The molecule has 1 aliphatic heterocycles. The van der Waals surface area contributed by atoms with Crippen LogP contribution in [-0.2, 0) is 16.0 Å². The first-order chi connectivity index (χ1) is 12.0. The molecule has 0 spiro atoms. The fraction of sp³-hybridized carbons (Fsp3) is 0.353. The molecule has 0 fully saturated rings. The molecule has 0 bridgehead atoms. The molecule has 25 heavy (non-hydrogen) atoms. The van der Waals surface area contributed by atoms with Crippen molar-refractivity contribution in [1.82, 2.24) is 9.97 Å². The lowest BCUT2D eigenvalue weighted by Gasteiger charge is -2.31. The Hall–Kier alpha value is -3.03. The van der Waals surface area contributed by atoms with Crippen LogP contribution in [0.25, 0.3) is 0 Å². The predicted molar refractivity (Wildman–Crippen MR) is 87.9 cm³/mol. The van der Waals surface area contributed by atoms with E-state index in [0.717, 1.165) is 0 Å². The number of aromatic amines is 2. The van der Waals surface area contributed by atoms with E-state index in [1.54, 1.807) is 38.3 Å². The largest absolute Gasteiger partial charge is 0.497 e. The summed E-state index contributed by atoms with van der Waals surface area (Å²) in [6, 6.07) is 7.03. The SMILES string of the molecule is CCOC(=O)[C@@H]1Cc2c([nH]c(=O)[nH]c2=O)O[C@@H]1c1ccc(OC)cc1. The molecule has 8 nitrogen and oxygen atoms in total. The van der Waals surface area contributed by atoms with Crippen LogP contribution in [0, 0.1) is 5.92 Å². The molecule has 1 aromatic carbocycles. The maximum Gasteiger partial charge on any atom is 0.328 e. The highest BCUT2D eigenvalue weighted by molar-refractivity contribution is 5.74. The molecule has 0 radical (unpaired) electrons. The molecule has 2 aromatic rings. The van der Waals surface area contributed by atoms with E-state index in [-0.39, 0.29) is 24.5 Å². The minimum Gasteiger partial charge on any atom is -0.497 e. The molecule has 3 rings (SSSR count). The van der Waals surface area contributed by atoms with Crippen LogP contribution >= 0.6 is 0 Å². The molecule has 2 atom stereocenters. The predicted octanol–water partition coefficient (Wildman–Crippen LogP) is 0.927. The highest BCUT2D eigenvalue weighted by Gasteiger charge is 2.39. The maximum atomic E-state index is 12.4. The van der Waals surface area contributed by atoms with Crippen LogP contribution in [-0.4, -0.2) is 29.7 Å². The minimum atomic E-state index is -0.701. The summed E-state index contributed by atoms with van der Waals surface area (Å²) >= 11 is 0. The van der Waals surface area contributed by atoms with Crippen molar-refractivity contribution in [3.63, 3.8) is 0 Å². The van der Waals surface area contributed by atoms with Gasteiger partial charge in [-0.1, -0.05) is 12.1 Å². The molecule has 1 aliphatic rings. The molecule has 0 saturated heterocycles. The van der Waals surface area contributed by atoms with Crippen LogP contribution in [0.4, 0.5) is 0 Å². The Bertz CT molecular complexity index is 883. The van der Waals surface area contributed by atoms with Gasteiger partial charge in [0.25, 0.3) is 5.56 Å². The molecule has 0 aliphatic carbocycles. The molecule has 0 saturated carbocycles. The third kappa shape index (κ3) is 3.28. The molecular formula is C17H18N2O6. The lowest BCUT2D eigenvalue weighted by atomic mass is 9.88. The van der Waals surface area contributed by atoms with E-state index < -0.39 is 29.2 Å². The number of rotatable bonds is 4. The lowest BCUT2D eigenvalue weighted by molar-refractivity contribution is -0.152. The fourth-order valence-corrected chi connectivity index (χ4v) is 2.86. The summed E-state index contributed by atoms with van der Waals surface area (Å²) in [5.41, 5.74) is -0.291. The van der Waals surface area contributed by atoms with E-state index in [4.69, 9.17) is 14.2 Å². The third-order valence-electron chi connectivity index (χ3n) is 4.07. The number of aromatic nitrogens is 2. The number of nitrogens with one attached hydrogen (secondary N) is 2. The average molecular weight is 346 g/mol. The quantitative estimate of drug-likeness (QED) is 0.797. The second-order valence-electron chi connectivity index (χ2n) is 5.59. The summed E-state index contributed by atoms with van der Waals surface area (Å²) in [6.45, 7) is 1.93. The van der Waals surface area contributed by atoms with Gasteiger partial charge < -0.3 is 14.2 Å². The molecular weight excluding hydrogens is 328 g/mol. The van der Waals surface area contributed by atoms with E-state index in [1.165, 1.54) is 0 Å². The van der Waals surface area contributed by atoms with Gasteiger partial charge in [0.15, 0.2) is 0 Å². The van der Waals surface area contributed by atoms with Crippen molar-refractivity contribution in [2.75, 3.05) is 13.7 Å². The Morgan fingerprint density at radius 2 is 1.96 bits per heavy atom. The molecule has 132 valence electrons. The van der Waals surface area contributed by atoms with Crippen molar-refractivity contribution in [3.05, 3.63) is 56.2 Å². The van der Waals surface area contributed by atoms with Gasteiger partial charge in [-0.25, -0.2) is 4.79 Å². The lowest BCUT2D eigenvalue weighted by Crippen LogP contribution is -2.38. The molecule has 2 heterocycles. The van der Waals surface area contributed by atoms with Crippen molar-refractivity contribution in [2.24, 2.45) is 5.92 Å². The summed E-state index contributed by atoms with van der Waals surface area (Å²) in [5.74, 6) is -0.417. The van der Waals surface area contributed by atoms with Crippen LogP contribution in [0.1, 0.15) is 24.2 Å². The smallest absolute Gasteiger partial charge is 0.328 e. The van der Waals surface area contributed by atoms with Gasteiger partial charge in [0, 0.05) is 6.42 Å². The van der Waals surface area contributed by atoms with Crippen molar-refractivity contribution < 1.29 is 19.0 Å². The first-order valence-electron chi connectivity index (χ1n) is 7.86. The normalized spacial score (nSPS) is 18.8. The van der Waals surface area contributed by atoms with Gasteiger partial charge in [0.05, 0.1) is 19.3 Å². The van der Waals surface area contributed by atoms with Gasteiger partial charge >= 0.3 is 11.7 Å². The van der Waals surface area contributed by atoms with Gasteiger partial charge in [-0.3, -0.25) is 19.6 Å². The highest BCUT2D eigenvalue weighted by atomic mass is 16.5. The standard InChI is InChI=1S/C17H18N2O6/c1-3-24-16(21)11-8-12-14(20)18-17(22)19-15(12)25-13(11)9-4-6-10(23-2)7-5-9/h4-7,11,13H,3,8H2,1-2H3,(H2,18,19,20,22)/t11-,13-/m1/s1. The van der Waals surface area contributed by atoms with Gasteiger partial charge in [-0.2, -0.15) is 0 Å². The number of carbonyl (C=O) groups excluding carboxylic acids is 1. The first-order valence-corrected chi connectivity index (χ1v) is 7.86. The van der Waals surface area contributed by atoms with Gasteiger partial charge in [0.2, 0.25) is 5.88 Å². The Morgan fingerprint density at radius 3 is 2.60 bits per heavy atom. The second-order valence-corrected chi connectivity index (χ2v) is 5.59. The Morgan fingerprint density at radius 1 is 1.24 bits per heavy atom. The van der Waals surface area contributed by atoms with Crippen LogP contribution in [0.2, 0.25) is 0 Å². The molecule has 0 unspecified atom stereocenters. The van der Waals surface area contributed by atoms with Crippen molar-refractivity contribution in [1.29, 1.82) is 0 Å². The zero-order valence-electron chi connectivity index (χ0n) is 13.8. The van der Waals surface area contributed by atoms with Crippen LogP contribution < -0.4 is 20.7 Å². The molecule has 2 N–H and O–H groups in total. The van der Waals surface area contributed by atoms with Gasteiger partial charge in [-0.05, 0) is 24.6 Å². The number of carbonyl (C=O) groups is 1. The highest BCUT2D eigenvalue weighted by Crippen LogP contribution is 2.37. The van der Waals surface area contributed by atoms with Crippen molar-refractivity contribution >= 4 is 5.97 Å². The Kier molecular flexibility index (Phi) is 4.60. The van der Waals surface area contributed by atoms with E-state index in [0.29, 0.717) is 11.3 Å². The van der Waals surface area contributed by atoms with Crippen molar-refractivity contribution in [2.45, 2.75) is 19.4 Å². The minimum absolute atomic E-state index is 0.0788. The topological polar surface area (TPSA) is 110 Å². The van der Waals surface area contributed by atoms with Crippen LogP contribution in [0.5, 0.6) is 11.6 Å². The third-order valence-corrected chi connectivity index (χ3v) is 4.07. The van der Waals surface area contributed by atoms with Gasteiger partial charge in [-0.15, -0.1) is 0 Å². The van der Waals surface area contributed by atoms with Gasteiger partial charge in [0.1, 0.15) is 17.8 Å². The summed E-state index contributed by atoms with van der Waals surface area (Å²) < 4.78 is 16.1. The summed E-state index contributed by atoms with van der Waals surface area (Å²) in [4.78, 5) is 40.5. The second kappa shape index (κ2) is 6.84. The molecule has 0 amide bonds. The summed E-state index contributed by atoms with van der Waals surface area (Å²) in [6.07, 6.45) is -0.577. The zero-order chi connectivity index (χ0) is 18.0. The Labute approximate surface area is 142 Å². The fourth-order valence-electron chi connectivity index (χ4n) is 2.86. The first kappa shape index (κ1) is 16.8. The Balaban J connectivity index is 2.04. The van der Waals surface area contributed by atoms with Crippen molar-refractivity contribution in [3.8, 4) is 11.6 Å². The number of H-pyrrole nitrogens is 2. The summed E-state index contributed by atoms with van der Waals surface area (Å²) in [7, 11) is 1.56. The molecule has 8 heteroatoms. The number of ether oxygens (including phenoxy) is 3. The number of benzene rings is 1. The maximum absolute atomic E-state index is 12.4. The summed E-state index contributed by atoms with van der Waals surface area (Å²) in [5, 5.41) is 0.